The van der Waals surface area contributed by atoms with E-state index in [2.05, 4.69) is 27.5 Å². The van der Waals surface area contributed by atoms with E-state index in [1.54, 1.807) is 41.3 Å². The number of nitrogens with two attached hydrogens (primary N) is 1. The second-order valence-corrected chi connectivity index (χ2v) is 13.0. The lowest BCUT2D eigenvalue weighted by atomic mass is 10.1. The molecule has 1 aliphatic carbocycles. The van der Waals surface area contributed by atoms with Crippen LogP contribution in [-0.2, 0) is 22.5 Å². The molecule has 2 aliphatic rings. The van der Waals surface area contributed by atoms with E-state index < -0.39 is 6.29 Å². The summed E-state index contributed by atoms with van der Waals surface area (Å²) in [7, 11) is 0. The summed E-state index contributed by atoms with van der Waals surface area (Å²) in [6.07, 6.45) is 7.15. The Morgan fingerprint density at radius 2 is 1.81 bits per heavy atom. The molecule has 0 radical (unpaired) electrons. The first-order valence-electron chi connectivity index (χ1n) is 17.0. The van der Waals surface area contributed by atoms with Gasteiger partial charge in [0.1, 0.15) is 36.2 Å². The number of hydrogen-bond acceptors (Lipinski definition) is 9. The minimum atomic E-state index is -0.715. The van der Waals surface area contributed by atoms with Crippen LogP contribution in [0.3, 0.4) is 0 Å². The van der Waals surface area contributed by atoms with Crippen molar-refractivity contribution in [2.24, 2.45) is 0 Å². The van der Waals surface area contributed by atoms with Crippen molar-refractivity contribution in [1.29, 1.82) is 0 Å². The third-order valence-corrected chi connectivity index (χ3v) is 9.55. The van der Waals surface area contributed by atoms with Crippen LogP contribution in [0.25, 0.3) is 34.1 Å². The molecule has 262 valence electrons. The van der Waals surface area contributed by atoms with Gasteiger partial charge in [-0.2, -0.15) is 5.10 Å². The van der Waals surface area contributed by atoms with Gasteiger partial charge >= 0.3 is 0 Å². The number of halogens is 1. The molecule has 0 spiro atoms. The molecule has 12 nitrogen and oxygen atoms in total. The van der Waals surface area contributed by atoms with E-state index in [-0.39, 0.29) is 11.9 Å². The Morgan fingerprint density at radius 1 is 0.943 bits per heavy atom. The van der Waals surface area contributed by atoms with Gasteiger partial charge in [-0.25, -0.2) is 19.6 Å². The van der Waals surface area contributed by atoms with Crippen LogP contribution in [0.1, 0.15) is 51.4 Å². The van der Waals surface area contributed by atoms with Crippen molar-refractivity contribution < 1.29 is 19.0 Å². The molecule has 4 aromatic heterocycles. The smallest absolute Gasteiger partial charge is 0.269 e. The second-order valence-electron chi connectivity index (χ2n) is 12.7. The number of nitrogens with zero attached hydrogens (tertiary/aromatic N) is 6. The van der Waals surface area contributed by atoms with Crippen LogP contribution in [0, 0.1) is 0 Å². The van der Waals surface area contributed by atoms with E-state index in [1.165, 1.54) is 12.5 Å². The number of anilines is 1. The van der Waals surface area contributed by atoms with E-state index in [0.29, 0.717) is 62.8 Å². The lowest BCUT2D eigenvalue weighted by Crippen LogP contribution is -2.27. The molecule has 0 fully saturated rings. The summed E-state index contributed by atoms with van der Waals surface area (Å²) in [5.74, 6) is 1.91. The summed E-state index contributed by atoms with van der Waals surface area (Å²) < 4.78 is 21.0. The molecule has 3 N–H and O–H groups in total. The molecule has 5 heterocycles. The zero-order chi connectivity index (χ0) is 35.9. The molecule has 3 aromatic carbocycles. The Hall–Kier alpha value is -6.66. The van der Waals surface area contributed by atoms with E-state index in [4.69, 9.17) is 41.5 Å². The van der Waals surface area contributed by atoms with Gasteiger partial charge in [0.15, 0.2) is 22.4 Å². The lowest BCUT2D eigenvalue weighted by Gasteiger charge is -2.19. The zero-order valence-corrected chi connectivity index (χ0v) is 28.9. The Morgan fingerprint density at radius 3 is 2.62 bits per heavy atom. The van der Waals surface area contributed by atoms with E-state index in [0.717, 1.165) is 35.2 Å². The highest BCUT2D eigenvalue weighted by Gasteiger charge is 2.28. The van der Waals surface area contributed by atoms with Gasteiger partial charge in [0.25, 0.3) is 12.2 Å². The van der Waals surface area contributed by atoms with Crippen LogP contribution in [0.5, 0.6) is 5.75 Å². The largest absolute Gasteiger partial charge is 0.488 e. The number of imidazole rings is 1. The average Bonchev–Trinajstić information content (AvgIpc) is 4.01. The zero-order valence-electron chi connectivity index (χ0n) is 28.1. The predicted octanol–water partition coefficient (Wildman–Crippen LogP) is 7.42. The molecular formula is C40H31ClN8O4. The Balaban J connectivity index is 1.01. The van der Waals surface area contributed by atoms with Crippen LogP contribution < -0.4 is 15.8 Å². The monoisotopic (exact) mass is 722 g/mol. The standard InChI is InChI=1S/C40H31ClN8O4/c41-34-16-18-48(47-34)35-15-13-32-38(46-35)49(37(44-32)29-7-4-17-43-36(29)42)27-10-11-28-25(21-27)8-12-31(28)45-39(50)26-9-14-33(30(22-26)40-51-19-20-52-40)53-23-24-5-2-1-3-6-24/h1-7,9-11,13-22,31,40H,8,12,23H2,(H2,42,43)(H,45,50)/t31-/m0/s1. The van der Waals surface area contributed by atoms with Crippen molar-refractivity contribution in [3.05, 3.63) is 155 Å². The fourth-order valence-corrected chi connectivity index (χ4v) is 6.93. The number of ether oxygens (including phenoxy) is 3. The Bertz CT molecular complexity index is 2520. The number of carbonyl (C=O) groups is 1. The minimum Gasteiger partial charge on any atom is -0.488 e. The third kappa shape index (κ3) is 6.19. The summed E-state index contributed by atoms with van der Waals surface area (Å²) in [6.45, 7) is 0.364. The Labute approximate surface area is 308 Å². The summed E-state index contributed by atoms with van der Waals surface area (Å²) >= 11 is 6.12. The number of hydrogen-bond donors (Lipinski definition) is 2. The number of benzene rings is 3. The quantitative estimate of drug-likeness (QED) is 0.156. The van der Waals surface area contributed by atoms with Crippen LogP contribution in [-0.4, -0.2) is 35.2 Å². The molecule has 1 aliphatic heterocycles. The minimum absolute atomic E-state index is 0.188. The molecule has 9 rings (SSSR count). The molecule has 53 heavy (non-hydrogen) atoms. The van der Waals surface area contributed by atoms with E-state index in [9.17, 15) is 4.79 Å². The maximum absolute atomic E-state index is 13.7. The number of nitrogens with one attached hydrogen (secondary N) is 1. The summed E-state index contributed by atoms with van der Waals surface area (Å²) in [5, 5.41) is 7.94. The molecule has 13 heteroatoms. The summed E-state index contributed by atoms with van der Waals surface area (Å²) in [6, 6.07) is 30.3. The van der Waals surface area contributed by atoms with Gasteiger partial charge in [-0.15, -0.1) is 0 Å². The highest BCUT2D eigenvalue weighted by atomic mass is 35.5. The first kappa shape index (κ1) is 32.3. The average molecular weight is 723 g/mol. The van der Waals surface area contributed by atoms with Crippen molar-refractivity contribution >= 4 is 34.5 Å². The van der Waals surface area contributed by atoms with Gasteiger partial charge in [0, 0.05) is 23.6 Å². The van der Waals surface area contributed by atoms with E-state index >= 15 is 0 Å². The maximum Gasteiger partial charge on any atom is 0.269 e. The number of carbonyl (C=O) groups excluding carboxylic acids is 1. The van der Waals surface area contributed by atoms with Crippen molar-refractivity contribution in [1.82, 2.24) is 34.6 Å². The van der Waals surface area contributed by atoms with Gasteiger partial charge in [0.2, 0.25) is 0 Å². The van der Waals surface area contributed by atoms with Crippen molar-refractivity contribution in [2.45, 2.75) is 31.8 Å². The number of nitrogen functional groups attached to an aromatic ring is 1. The number of rotatable bonds is 9. The maximum atomic E-state index is 13.7. The number of aromatic nitrogens is 6. The SMILES string of the molecule is Nc1ncccc1-c1nc2ccc(-n3ccc(Cl)n3)nc2n1-c1ccc2c(c1)CC[C@@H]2NC(=O)c1ccc(OCc2ccccc2)c(C2OC=CO2)c1. The first-order chi connectivity index (χ1) is 26.0. The van der Waals surface area contributed by atoms with Crippen molar-refractivity contribution in [2.75, 3.05) is 5.73 Å². The molecule has 0 saturated carbocycles. The Kier molecular flexibility index (Phi) is 8.20. The topological polar surface area (TPSA) is 144 Å². The molecule has 7 aromatic rings. The highest BCUT2D eigenvalue weighted by molar-refractivity contribution is 6.29. The van der Waals surface area contributed by atoms with Crippen molar-refractivity contribution in [3.8, 4) is 28.6 Å². The van der Waals surface area contributed by atoms with Crippen LogP contribution in [0.2, 0.25) is 5.15 Å². The molecular weight excluding hydrogens is 692 g/mol. The van der Waals surface area contributed by atoms with Gasteiger partial charge in [-0.3, -0.25) is 9.36 Å². The second kappa shape index (κ2) is 13.5. The van der Waals surface area contributed by atoms with Crippen LogP contribution in [0.4, 0.5) is 5.82 Å². The predicted molar refractivity (Wildman–Crippen MR) is 198 cm³/mol. The summed E-state index contributed by atoms with van der Waals surface area (Å²) in [5.41, 5.74) is 13.5. The lowest BCUT2D eigenvalue weighted by molar-refractivity contribution is -0.0266. The fourth-order valence-electron chi connectivity index (χ4n) is 6.80. The normalized spacial score (nSPS) is 14.9. The summed E-state index contributed by atoms with van der Waals surface area (Å²) in [4.78, 5) is 28.0. The van der Waals surface area contributed by atoms with Gasteiger partial charge in [-0.1, -0.05) is 48.0 Å². The molecule has 1 atom stereocenters. The first-order valence-corrected chi connectivity index (χ1v) is 17.4. The van der Waals surface area contributed by atoms with E-state index in [1.807, 2.05) is 65.2 Å². The molecule has 0 saturated heterocycles. The number of fused-ring (bicyclic) bond motifs is 2. The molecule has 0 bridgehead atoms. The third-order valence-electron chi connectivity index (χ3n) is 9.35. The number of pyridine rings is 2. The fraction of sp³-hybridized carbons (Fsp3) is 0.125. The van der Waals surface area contributed by atoms with Crippen LogP contribution in [0.15, 0.2) is 122 Å². The van der Waals surface area contributed by atoms with Gasteiger partial charge < -0.3 is 25.3 Å². The molecule has 1 amide bonds. The van der Waals surface area contributed by atoms with Gasteiger partial charge in [-0.05, 0) is 90.2 Å². The van der Waals surface area contributed by atoms with Crippen molar-refractivity contribution in [3.63, 3.8) is 0 Å². The van der Waals surface area contributed by atoms with Gasteiger partial charge in [0.05, 0.1) is 17.2 Å². The highest BCUT2D eigenvalue weighted by Crippen LogP contribution is 2.37. The van der Waals surface area contributed by atoms with Crippen LogP contribution >= 0.6 is 11.6 Å². The molecule has 0 unspecified atom stereocenters. The number of amides is 1. The number of aryl methyl sites for hydroxylation is 1.